The molecule has 0 spiro atoms. The molecule has 0 aliphatic carbocycles. The van der Waals surface area contributed by atoms with Gasteiger partial charge in [-0.1, -0.05) is 13.8 Å². The fourth-order valence-electron chi connectivity index (χ4n) is 4.63. The van der Waals surface area contributed by atoms with Gasteiger partial charge in [0.25, 0.3) is 5.56 Å². The Kier molecular flexibility index (Phi) is 5.74. The highest BCUT2D eigenvalue weighted by molar-refractivity contribution is 7.17. The van der Waals surface area contributed by atoms with Gasteiger partial charge in [0.1, 0.15) is 17.9 Å². The molecule has 7 nitrogen and oxygen atoms in total. The van der Waals surface area contributed by atoms with Crippen LogP contribution in [0.15, 0.2) is 22.3 Å². The number of amides is 1. The Morgan fingerprint density at radius 2 is 2.03 bits per heavy atom. The standard InChI is InChI=1S/C21H29N5O2S/c1-14-9-15(2)12-24(11-14)7-4-6-22-20(27)13-25-21(28)18-10-19-17(5-8-29-19)26(18)16(3)23-25/h5,8,10,14-15H,4,6-7,9,11-13H2,1-3H3,(H,22,27)/t14-,15+. The molecule has 0 unspecified atom stereocenters. The van der Waals surface area contributed by atoms with Gasteiger partial charge < -0.3 is 10.2 Å². The Hall–Kier alpha value is -2.19. The maximum atomic E-state index is 12.8. The van der Waals surface area contributed by atoms with Gasteiger partial charge in [0.05, 0.1) is 10.2 Å². The van der Waals surface area contributed by atoms with E-state index >= 15 is 0 Å². The molecule has 1 N–H and O–H groups in total. The van der Waals surface area contributed by atoms with E-state index in [0.717, 1.165) is 48.1 Å². The first-order valence-electron chi connectivity index (χ1n) is 10.4. The second kappa shape index (κ2) is 8.28. The van der Waals surface area contributed by atoms with Crippen LogP contribution < -0.4 is 10.9 Å². The Morgan fingerprint density at radius 1 is 1.28 bits per heavy atom. The topological polar surface area (TPSA) is 71.6 Å². The summed E-state index contributed by atoms with van der Waals surface area (Å²) >= 11 is 1.60. The van der Waals surface area contributed by atoms with Gasteiger partial charge in [-0.25, -0.2) is 4.68 Å². The summed E-state index contributed by atoms with van der Waals surface area (Å²) in [5.74, 6) is 2.02. The summed E-state index contributed by atoms with van der Waals surface area (Å²) in [7, 11) is 0. The molecule has 0 saturated carbocycles. The van der Waals surface area contributed by atoms with Gasteiger partial charge in [0.15, 0.2) is 0 Å². The first-order valence-corrected chi connectivity index (χ1v) is 11.3. The Bertz CT molecular complexity index is 1070. The maximum Gasteiger partial charge on any atom is 0.291 e. The van der Waals surface area contributed by atoms with Gasteiger partial charge in [-0.05, 0) is 55.7 Å². The number of hydrogen-bond donors (Lipinski definition) is 1. The average molecular weight is 416 g/mol. The molecule has 4 rings (SSSR count). The van der Waals surface area contributed by atoms with Crippen LogP contribution in [-0.4, -0.2) is 51.2 Å². The van der Waals surface area contributed by atoms with E-state index in [9.17, 15) is 9.59 Å². The molecule has 1 amide bonds. The summed E-state index contributed by atoms with van der Waals surface area (Å²) < 4.78 is 4.19. The third-order valence-electron chi connectivity index (χ3n) is 5.68. The van der Waals surface area contributed by atoms with Gasteiger partial charge in [0.2, 0.25) is 5.91 Å². The molecule has 1 aliphatic heterocycles. The molecular formula is C21H29N5O2S. The molecule has 4 heterocycles. The van der Waals surface area contributed by atoms with Gasteiger partial charge in [-0.15, -0.1) is 11.3 Å². The van der Waals surface area contributed by atoms with Crippen LogP contribution in [0.2, 0.25) is 0 Å². The highest BCUT2D eigenvalue weighted by Gasteiger charge is 2.21. The van der Waals surface area contributed by atoms with Crippen LogP contribution in [-0.2, 0) is 11.3 Å². The summed E-state index contributed by atoms with van der Waals surface area (Å²) in [6.07, 6.45) is 2.22. The lowest BCUT2D eigenvalue weighted by molar-refractivity contribution is -0.121. The van der Waals surface area contributed by atoms with E-state index in [2.05, 4.69) is 29.2 Å². The average Bonchev–Trinajstić information content (AvgIpc) is 3.23. The zero-order valence-electron chi connectivity index (χ0n) is 17.4. The van der Waals surface area contributed by atoms with Crippen LogP contribution in [0, 0.1) is 18.8 Å². The molecule has 0 aromatic carbocycles. The minimum atomic E-state index is -0.231. The first-order chi connectivity index (χ1) is 13.9. The predicted octanol–water partition coefficient (Wildman–Crippen LogP) is 2.50. The normalized spacial score (nSPS) is 20.5. The number of aryl methyl sites for hydroxylation is 1. The zero-order chi connectivity index (χ0) is 20.5. The lowest BCUT2D eigenvalue weighted by Crippen LogP contribution is -2.40. The molecule has 1 aliphatic rings. The summed E-state index contributed by atoms with van der Waals surface area (Å²) in [6.45, 7) is 10.3. The monoisotopic (exact) mass is 415 g/mol. The van der Waals surface area contributed by atoms with Gasteiger partial charge in [0, 0.05) is 19.6 Å². The number of piperidine rings is 1. The van der Waals surface area contributed by atoms with Crippen LogP contribution in [0.4, 0.5) is 0 Å². The zero-order valence-corrected chi connectivity index (χ0v) is 18.2. The van der Waals surface area contributed by atoms with E-state index < -0.39 is 0 Å². The highest BCUT2D eigenvalue weighted by atomic mass is 32.1. The minimum absolute atomic E-state index is 0.0488. The van der Waals surface area contributed by atoms with Crippen LogP contribution in [0.5, 0.6) is 0 Å². The lowest BCUT2D eigenvalue weighted by Gasteiger charge is -2.34. The first kappa shape index (κ1) is 20.1. The van der Waals surface area contributed by atoms with Crippen molar-refractivity contribution >= 4 is 33.0 Å². The fraction of sp³-hybridized carbons (Fsp3) is 0.571. The molecule has 3 aromatic rings. The number of rotatable bonds is 6. The number of nitrogens with one attached hydrogen (secondary N) is 1. The SMILES string of the molecule is Cc1nn(CC(=O)NCCCN2C[C@H](C)C[C@H](C)C2)c(=O)c2cc3sccc3n12. The third kappa shape index (κ3) is 4.23. The minimum Gasteiger partial charge on any atom is -0.354 e. The predicted molar refractivity (Wildman–Crippen MR) is 117 cm³/mol. The summed E-state index contributed by atoms with van der Waals surface area (Å²) in [4.78, 5) is 27.6. The molecule has 29 heavy (non-hydrogen) atoms. The van der Waals surface area contributed by atoms with Crippen molar-refractivity contribution in [1.82, 2.24) is 24.4 Å². The van der Waals surface area contributed by atoms with E-state index in [1.807, 2.05) is 28.8 Å². The van der Waals surface area contributed by atoms with Crippen molar-refractivity contribution in [2.75, 3.05) is 26.2 Å². The van der Waals surface area contributed by atoms with Crippen molar-refractivity contribution in [2.45, 2.75) is 40.2 Å². The van der Waals surface area contributed by atoms with Crippen LogP contribution in [0.25, 0.3) is 15.7 Å². The molecule has 156 valence electrons. The summed E-state index contributed by atoms with van der Waals surface area (Å²) in [6, 6.07) is 3.87. The largest absolute Gasteiger partial charge is 0.354 e. The van der Waals surface area contributed by atoms with Crippen molar-refractivity contribution < 1.29 is 4.79 Å². The van der Waals surface area contributed by atoms with E-state index in [1.165, 1.54) is 11.1 Å². The smallest absolute Gasteiger partial charge is 0.291 e. The number of thiophene rings is 1. The van der Waals surface area contributed by atoms with E-state index in [1.54, 1.807) is 11.3 Å². The Balaban J connectivity index is 1.34. The van der Waals surface area contributed by atoms with E-state index in [4.69, 9.17) is 0 Å². The van der Waals surface area contributed by atoms with E-state index in [0.29, 0.717) is 17.9 Å². The number of carbonyl (C=O) groups excluding carboxylic acids is 1. The molecule has 0 bridgehead atoms. The molecule has 8 heteroatoms. The fourth-order valence-corrected chi connectivity index (χ4v) is 5.44. The number of fused-ring (bicyclic) bond motifs is 3. The summed E-state index contributed by atoms with van der Waals surface area (Å²) in [5, 5.41) is 9.30. The van der Waals surface area contributed by atoms with Gasteiger partial charge >= 0.3 is 0 Å². The second-order valence-corrected chi connectivity index (χ2v) is 9.40. The Labute approximate surface area is 174 Å². The molecule has 3 aromatic heterocycles. The number of likely N-dealkylation sites (tertiary alicyclic amines) is 1. The van der Waals surface area contributed by atoms with Gasteiger partial charge in [-0.3, -0.25) is 14.0 Å². The van der Waals surface area contributed by atoms with Crippen molar-refractivity contribution in [1.29, 1.82) is 0 Å². The molecule has 1 saturated heterocycles. The quantitative estimate of drug-likeness (QED) is 0.628. The second-order valence-electron chi connectivity index (χ2n) is 8.45. The van der Waals surface area contributed by atoms with Crippen LogP contribution in [0.1, 0.15) is 32.5 Å². The molecular weight excluding hydrogens is 386 g/mol. The van der Waals surface area contributed by atoms with Crippen molar-refractivity contribution in [3.8, 4) is 0 Å². The third-order valence-corrected chi connectivity index (χ3v) is 6.53. The highest BCUT2D eigenvalue weighted by Crippen LogP contribution is 2.24. The van der Waals surface area contributed by atoms with Crippen LogP contribution >= 0.6 is 11.3 Å². The van der Waals surface area contributed by atoms with E-state index in [-0.39, 0.29) is 18.0 Å². The van der Waals surface area contributed by atoms with Crippen LogP contribution in [0.3, 0.4) is 0 Å². The number of aromatic nitrogens is 3. The molecule has 2 atom stereocenters. The maximum absolute atomic E-state index is 12.8. The van der Waals surface area contributed by atoms with Gasteiger partial charge in [-0.2, -0.15) is 5.10 Å². The number of nitrogens with zero attached hydrogens (tertiary/aromatic N) is 4. The number of hydrogen-bond acceptors (Lipinski definition) is 5. The molecule has 1 fully saturated rings. The summed E-state index contributed by atoms with van der Waals surface area (Å²) in [5.41, 5.74) is 1.33. The molecule has 0 radical (unpaired) electrons. The van der Waals surface area contributed by atoms with Crippen molar-refractivity contribution in [3.63, 3.8) is 0 Å². The lowest BCUT2D eigenvalue weighted by atomic mass is 9.92. The number of carbonyl (C=O) groups is 1. The van der Waals surface area contributed by atoms with Crippen molar-refractivity contribution in [2.24, 2.45) is 11.8 Å². The Morgan fingerprint density at radius 3 is 2.79 bits per heavy atom. The van der Waals surface area contributed by atoms with Crippen molar-refractivity contribution in [3.05, 3.63) is 33.7 Å².